The van der Waals surface area contributed by atoms with E-state index in [4.69, 9.17) is 47.4 Å². The first-order valence-corrected chi connectivity index (χ1v) is 22.2. The number of imidazole rings is 1. The summed E-state index contributed by atoms with van der Waals surface area (Å²) in [7, 11) is 6.80. The average Bonchev–Trinajstić information content (AvgIpc) is 3.77. The predicted molar refractivity (Wildman–Crippen MR) is 231 cm³/mol. The van der Waals surface area contributed by atoms with Crippen LogP contribution in [-0.4, -0.2) is 151 Å². The van der Waals surface area contributed by atoms with Gasteiger partial charge in [0.15, 0.2) is 36.2 Å². The number of esters is 3. The molecular weight excluding hydrogens is 835 g/mol. The molecule has 3 aliphatic heterocycles. The number of nitrogens with zero attached hydrogens (tertiary/aromatic N) is 3. The molecular formula is C46H73N3O15. The highest BCUT2D eigenvalue weighted by atomic mass is 16.7. The van der Waals surface area contributed by atoms with Crippen molar-refractivity contribution in [3.05, 3.63) is 30.4 Å². The molecule has 3 aliphatic rings. The van der Waals surface area contributed by atoms with Gasteiger partial charge in [-0.05, 0) is 93.5 Å². The molecule has 16 atom stereocenters. The maximum atomic E-state index is 14.8. The van der Waals surface area contributed by atoms with Crippen LogP contribution in [0.2, 0.25) is 0 Å². The minimum absolute atomic E-state index is 0.0849. The molecule has 0 radical (unpaired) electrons. The van der Waals surface area contributed by atoms with E-state index in [0.29, 0.717) is 6.42 Å². The largest absolute Gasteiger partial charge is 0.457 e. The fourth-order valence-electron chi connectivity index (χ4n) is 9.64. The van der Waals surface area contributed by atoms with Gasteiger partial charge in [0.1, 0.15) is 18.0 Å². The summed E-state index contributed by atoms with van der Waals surface area (Å²) in [6.45, 7) is 20.2. The van der Waals surface area contributed by atoms with E-state index < -0.39 is 108 Å². The number of allylic oxidation sites excluding steroid dienone is 1. The lowest BCUT2D eigenvalue weighted by molar-refractivity contribution is -0.320. The fraction of sp³-hybridized carbons (Fsp3) is 0.783. The van der Waals surface area contributed by atoms with E-state index in [1.807, 2.05) is 39.8 Å². The van der Waals surface area contributed by atoms with Crippen molar-refractivity contribution in [1.29, 1.82) is 0 Å². The number of carbonyl (C=O) groups excluding carboxylic acids is 5. The second kappa shape index (κ2) is 21.7. The second-order valence-electron chi connectivity index (χ2n) is 18.7. The summed E-state index contributed by atoms with van der Waals surface area (Å²) in [5.74, 6) is -4.59. The summed E-state index contributed by atoms with van der Waals surface area (Å²) in [6, 6.07) is -0.299. The van der Waals surface area contributed by atoms with Crippen LogP contribution in [-0.2, 0) is 66.5 Å². The number of Topliss-reactive ketones (excluding diaryl/α,β-unsaturated/α-hetero) is 1. The van der Waals surface area contributed by atoms with Crippen LogP contribution in [0.25, 0.3) is 0 Å². The molecule has 18 heteroatoms. The minimum Gasteiger partial charge on any atom is -0.457 e. The predicted octanol–water partition coefficient (Wildman–Crippen LogP) is 5.42. The molecule has 0 amide bonds. The lowest BCUT2D eigenvalue weighted by Crippen LogP contribution is -2.61. The topological polar surface area (TPSA) is 199 Å². The van der Waals surface area contributed by atoms with E-state index in [9.17, 15) is 24.0 Å². The first kappa shape index (κ1) is 52.8. The zero-order valence-corrected chi connectivity index (χ0v) is 40.6. The number of ketones is 1. The molecule has 0 N–H and O–H groups in total. The third-order valence-electron chi connectivity index (χ3n) is 13.1. The molecule has 2 fully saturated rings. The number of carbonyl (C=O) groups is 5. The zero-order chi connectivity index (χ0) is 48.1. The first-order chi connectivity index (χ1) is 29.8. The quantitative estimate of drug-likeness (QED) is 0.201. The maximum Gasteiger partial charge on any atom is 0.420 e. The van der Waals surface area contributed by atoms with Gasteiger partial charge in [-0.15, -0.1) is 0 Å². The van der Waals surface area contributed by atoms with Crippen molar-refractivity contribution in [1.82, 2.24) is 14.5 Å². The van der Waals surface area contributed by atoms with E-state index >= 15 is 0 Å². The van der Waals surface area contributed by atoms with Gasteiger partial charge < -0.3 is 52.3 Å². The second-order valence-corrected chi connectivity index (χ2v) is 18.7. The number of ether oxygens (including phenoxy) is 10. The third kappa shape index (κ3) is 12.2. The summed E-state index contributed by atoms with van der Waals surface area (Å²) < 4.78 is 64.5. The Labute approximate surface area is 378 Å². The number of hydrogen-bond donors (Lipinski definition) is 0. The van der Waals surface area contributed by atoms with E-state index in [1.165, 1.54) is 52.9 Å². The van der Waals surface area contributed by atoms with E-state index in [-0.39, 0.29) is 42.8 Å². The van der Waals surface area contributed by atoms with Crippen molar-refractivity contribution in [2.45, 2.75) is 187 Å². The number of aromatic nitrogens is 2. The fourth-order valence-corrected chi connectivity index (χ4v) is 9.64. The number of cyclic esters (lactones) is 1. The zero-order valence-electron chi connectivity index (χ0n) is 40.6. The van der Waals surface area contributed by atoms with E-state index in [1.54, 1.807) is 48.5 Å². The van der Waals surface area contributed by atoms with Crippen molar-refractivity contribution in [3.63, 3.8) is 0 Å². The molecule has 0 spiro atoms. The summed E-state index contributed by atoms with van der Waals surface area (Å²) in [4.78, 5) is 73.6. The average molecular weight is 908 g/mol. The van der Waals surface area contributed by atoms with E-state index in [0.717, 1.165) is 4.57 Å². The van der Waals surface area contributed by atoms with Crippen LogP contribution in [0.5, 0.6) is 0 Å². The Morgan fingerprint density at radius 2 is 1.52 bits per heavy atom. The Kier molecular flexibility index (Phi) is 17.9. The molecule has 5 unspecified atom stereocenters. The molecule has 2 saturated heterocycles. The van der Waals surface area contributed by atoms with Crippen LogP contribution >= 0.6 is 0 Å². The van der Waals surface area contributed by atoms with Crippen molar-refractivity contribution in [2.75, 3.05) is 28.3 Å². The van der Waals surface area contributed by atoms with Gasteiger partial charge in [0, 0.05) is 58.7 Å². The third-order valence-corrected chi connectivity index (χ3v) is 13.1. The van der Waals surface area contributed by atoms with Crippen LogP contribution in [0.4, 0.5) is 4.79 Å². The molecule has 0 bridgehead atoms. The molecule has 1 aromatic rings. The maximum absolute atomic E-state index is 14.8. The molecule has 0 aromatic carbocycles. The molecule has 64 heavy (non-hydrogen) atoms. The molecule has 4 rings (SSSR count). The van der Waals surface area contributed by atoms with Gasteiger partial charge in [0.25, 0.3) is 0 Å². The summed E-state index contributed by atoms with van der Waals surface area (Å²) in [5, 5.41) is 0. The van der Waals surface area contributed by atoms with E-state index in [2.05, 4.69) is 4.98 Å². The number of hydrogen-bond acceptors (Lipinski definition) is 17. The van der Waals surface area contributed by atoms with Crippen molar-refractivity contribution in [2.24, 2.45) is 17.8 Å². The lowest BCUT2D eigenvalue weighted by atomic mass is 9.76. The van der Waals surface area contributed by atoms with Gasteiger partial charge in [0.2, 0.25) is 0 Å². The highest BCUT2D eigenvalue weighted by Gasteiger charge is 2.54. The Morgan fingerprint density at radius 3 is 2.06 bits per heavy atom. The van der Waals surface area contributed by atoms with Gasteiger partial charge in [-0.3, -0.25) is 19.2 Å². The molecule has 18 nitrogen and oxygen atoms in total. The highest BCUT2D eigenvalue weighted by Crippen LogP contribution is 2.42. The standard InChI is InChI=1S/C46H73N3O15/c1-17-34-44(10,64-43(54)49-19-18-47-24-49)21-25(2)36(52)26(3)22-45(11,55-15)39(63-42-38(59-31(8)50)33(48(13)14)20-27(4)57-42)28(5)37(29(6)41(53)61-34)62-35-23-46(12,56-16)40(30(7)58-35)60-32(9)51/h18-19,21,24,26-30,33-35,37-40,42H,17,20,22-23H2,1-16H3/b25-21+/t26-,27-,28+,29-,30?,33+,34-,35?,37?,38-,39-,40?,42+,44+,45-,46?/m1/s1. The van der Waals surface area contributed by atoms with Crippen LogP contribution in [0.15, 0.2) is 30.4 Å². The number of likely N-dealkylation sites (N-methyl/N-ethyl adjacent to an activating group) is 1. The lowest BCUT2D eigenvalue weighted by Gasteiger charge is -2.50. The smallest absolute Gasteiger partial charge is 0.420 e. The highest BCUT2D eigenvalue weighted by molar-refractivity contribution is 5.96. The monoisotopic (exact) mass is 908 g/mol. The SMILES string of the molecule is CC[C@H]1OC(=O)[C@H](C)C(OC2CC(C)(OC)C(OC(C)=O)C(C)O2)[C@H](C)[C@@H](O[C@@H]2O[C@H](C)C[C@H](N(C)C)[C@H]2OC(C)=O)[C@](C)(OC)C[C@@H](C)C(=O)/C(C)=C/[C@]1(C)OC(=O)n1ccnc1. The van der Waals surface area contributed by atoms with Gasteiger partial charge in [-0.25, -0.2) is 14.3 Å². The normalized spacial score (nSPS) is 40.1. The van der Waals surface area contributed by atoms with Crippen molar-refractivity contribution >= 4 is 29.8 Å². The van der Waals surface area contributed by atoms with Crippen LogP contribution < -0.4 is 0 Å². The van der Waals surface area contributed by atoms with Gasteiger partial charge >= 0.3 is 24.0 Å². The summed E-state index contributed by atoms with van der Waals surface area (Å²) >= 11 is 0. The van der Waals surface area contributed by atoms with Crippen LogP contribution in [0, 0.1) is 17.8 Å². The number of rotatable bonds is 11. The van der Waals surface area contributed by atoms with Gasteiger partial charge in [-0.2, -0.15) is 0 Å². The van der Waals surface area contributed by atoms with Crippen LogP contribution in [0.1, 0.15) is 109 Å². The molecule has 362 valence electrons. The molecule has 1 aromatic heterocycles. The minimum atomic E-state index is -1.63. The molecule has 0 saturated carbocycles. The van der Waals surface area contributed by atoms with Crippen molar-refractivity contribution in [3.8, 4) is 0 Å². The van der Waals surface area contributed by atoms with Gasteiger partial charge in [0.05, 0.1) is 42.0 Å². The summed E-state index contributed by atoms with van der Waals surface area (Å²) in [6.07, 6.45) is -2.27. The molecule has 4 heterocycles. The Balaban J connectivity index is 1.93. The van der Waals surface area contributed by atoms with Crippen molar-refractivity contribution < 1.29 is 71.3 Å². The van der Waals surface area contributed by atoms with Crippen LogP contribution in [0.3, 0.4) is 0 Å². The Hall–Kier alpha value is -3.78. The number of methoxy groups -OCH3 is 2. The molecule has 0 aliphatic carbocycles. The first-order valence-electron chi connectivity index (χ1n) is 22.2. The van der Waals surface area contributed by atoms with Gasteiger partial charge in [-0.1, -0.05) is 20.8 Å². The summed E-state index contributed by atoms with van der Waals surface area (Å²) in [5.41, 5.74) is -3.75. The Morgan fingerprint density at radius 1 is 0.891 bits per heavy atom. The Bertz CT molecular complexity index is 1810.